The first-order valence-electron chi connectivity index (χ1n) is 14.8. The summed E-state index contributed by atoms with van der Waals surface area (Å²) in [5, 5.41) is 0.215. The minimum atomic E-state index is -4.13. The molecule has 0 aromatic heterocycles. The van der Waals surface area contributed by atoms with E-state index in [2.05, 4.69) is 13.8 Å². The summed E-state index contributed by atoms with van der Waals surface area (Å²) in [7, 11) is -4.13. The summed E-state index contributed by atoms with van der Waals surface area (Å²) in [5.41, 5.74) is -0.986. The van der Waals surface area contributed by atoms with Crippen LogP contribution in [0.2, 0.25) is 0 Å². The van der Waals surface area contributed by atoms with E-state index in [9.17, 15) is 9.36 Å². The Balaban J connectivity index is 4.56. The fourth-order valence-electron chi connectivity index (χ4n) is 3.93. The van der Waals surface area contributed by atoms with Gasteiger partial charge in [0, 0.05) is 5.25 Å². The Morgan fingerprint density at radius 2 is 1.28 bits per heavy atom. The lowest BCUT2D eigenvalue weighted by Crippen LogP contribution is -2.25. The molecule has 6 nitrogen and oxygen atoms in total. The molecule has 0 aromatic carbocycles. The zero-order chi connectivity index (χ0) is 26.9. The molecule has 0 N–H and O–H groups in total. The molecule has 0 aliphatic carbocycles. The number of hydrogen-bond acceptors (Lipinski definition) is 7. The van der Waals surface area contributed by atoms with Crippen LogP contribution >= 0.6 is 19.4 Å². The Morgan fingerprint density at radius 3 is 1.81 bits per heavy atom. The van der Waals surface area contributed by atoms with E-state index in [1.165, 1.54) is 89.9 Å². The van der Waals surface area contributed by atoms with E-state index in [0.29, 0.717) is 6.42 Å². The van der Waals surface area contributed by atoms with E-state index in [-0.39, 0.29) is 24.6 Å². The quantitative estimate of drug-likeness (QED) is 0.0434. The lowest BCUT2D eigenvalue weighted by Gasteiger charge is -2.24. The molecule has 0 bridgehead atoms. The summed E-state index contributed by atoms with van der Waals surface area (Å²) in [5.74, 6) is 1.08. The summed E-state index contributed by atoms with van der Waals surface area (Å²) in [6, 6.07) is 0. The maximum absolute atomic E-state index is 12.9. The van der Waals surface area contributed by atoms with Crippen LogP contribution in [0.1, 0.15) is 144 Å². The van der Waals surface area contributed by atoms with Crippen LogP contribution in [0.25, 0.3) is 0 Å². The second-order valence-electron chi connectivity index (χ2n) is 9.70. The van der Waals surface area contributed by atoms with E-state index >= 15 is 0 Å². The average molecular weight is 553 g/mol. The highest BCUT2D eigenvalue weighted by atomic mass is 32.2. The molecule has 0 aliphatic rings. The Bertz CT molecular complexity index is 548. The summed E-state index contributed by atoms with van der Waals surface area (Å²) in [4.78, 5) is 17.7. The van der Waals surface area contributed by atoms with Crippen molar-refractivity contribution in [2.75, 3.05) is 19.0 Å². The van der Waals surface area contributed by atoms with Gasteiger partial charge in [-0.1, -0.05) is 111 Å². The molecule has 0 aromatic rings. The summed E-state index contributed by atoms with van der Waals surface area (Å²) < 4.78 is 28.3. The smallest absolute Gasteiger partial charge is 0.457 e. The fraction of sp³-hybridized carbons (Fsp3) is 0.964. The van der Waals surface area contributed by atoms with E-state index in [4.69, 9.17) is 18.8 Å². The molecule has 36 heavy (non-hydrogen) atoms. The van der Waals surface area contributed by atoms with Gasteiger partial charge < -0.3 is 4.74 Å². The minimum absolute atomic E-state index is 0.103. The van der Waals surface area contributed by atoms with Crippen molar-refractivity contribution in [1.82, 2.24) is 0 Å². The summed E-state index contributed by atoms with van der Waals surface area (Å²) in [6.07, 6.45) is 20.7. The van der Waals surface area contributed by atoms with Crippen molar-refractivity contribution in [2.24, 2.45) is 0 Å². The number of ether oxygens (including phenoxy) is 1. The van der Waals surface area contributed by atoms with Gasteiger partial charge in [-0.15, -0.1) is 4.67 Å². The van der Waals surface area contributed by atoms with Gasteiger partial charge in [-0.2, -0.15) is 11.8 Å². The number of carbonyl (C=O) groups excluding carboxylic acids is 1. The zero-order valence-corrected chi connectivity index (χ0v) is 25.8. The van der Waals surface area contributed by atoms with Crippen LogP contribution in [-0.2, 0) is 23.4 Å². The number of rotatable bonds is 27. The fourth-order valence-corrected chi connectivity index (χ4v) is 6.42. The predicted molar refractivity (Wildman–Crippen MR) is 154 cm³/mol. The summed E-state index contributed by atoms with van der Waals surface area (Å²) in [6.45, 7) is 10.2. The molecule has 0 amide bonds. The van der Waals surface area contributed by atoms with Gasteiger partial charge in [0.2, 0.25) is 0 Å². The van der Waals surface area contributed by atoms with Gasteiger partial charge in [0.15, 0.2) is 0 Å². The molecule has 0 saturated carbocycles. The molecule has 0 rings (SSSR count). The largest absolute Gasteiger partial charge is 0.464 e. The number of hydrogen-bond donors (Lipinski definition) is 0. The van der Waals surface area contributed by atoms with Crippen LogP contribution in [0.3, 0.4) is 0 Å². The van der Waals surface area contributed by atoms with Crippen LogP contribution in [-0.4, -0.2) is 36.0 Å². The van der Waals surface area contributed by atoms with Crippen LogP contribution in [0.5, 0.6) is 0 Å². The topological polar surface area (TPSA) is 71.1 Å². The van der Waals surface area contributed by atoms with E-state index in [1.807, 2.05) is 25.6 Å². The monoisotopic (exact) mass is 552 g/mol. The Labute approximate surface area is 227 Å². The molecule has 3 unspecified atom stereocenters. The number of unbranched alkanes of at least 4 members (excludes halogenated alkanes) is 13. The highest BCUT2D eigenvalue weighted by molar-refractivity contribution is 7.99. The predicted octanol–water partition coefficient (Wildman–Crippen LogP) is 10.5. The molecule has 3 atom stereocenters. The zero-order valence-electron chi connectivity index (χ0n) is 24.1. The first-order valence-corrected chi connectivity index (χ1v) is 17.4. The molecule has 8 heteroatoms. The minimum Gasteiger partial charge on any atom is -0.457 e. The van der Waals surface area contributed by atoms with Crippen molar-refractivity contribution >= 4 is 25.1 Å². The molecular formula is C28H57O6PS. The van der Waals surface area contributed by atoms with Gasteiger partial charge in [-0.25, -0.2) is 14.2 Å². The van der Waals surface area contributed by atoms with E-state index in [0.717, 1.165) is 18.6 Å². The highest BCUT2D eigenvalue weighted by Crippen LogP contribution is 2.51. The normalized spacial score (nSPS) is 14.9. The van der Waals surface area contributed by atoms with Crippen LogP contribution in [0.4, 0.5) is 4.79 Å². The Kier molecular flexibility index (Phi) is 25.2. The van der Waals surface area contributed by atoms with Crippen molar-refractivity contribution in [1.29, 1.82) is 0 Å². The first-order chi connectivity index (χ1) is 17.4. The maximum atomic E-state index is 12.9. The van der Waals surface area contributed by atoms with Gasteiger partial charge in [0.25, 0.3) is 0 Å². The number of carbonyl (C=O) groups is 1. The Hall–Kier alpha value is -0.0700. The Morgan fingerprint density at radius 1 is 0.750 bits per heavy atom. The molecule has 0 fully saturated rings. The van der Waals surface area contributed by atoms with Crippen LogP contribution < -0.4 is 0 Å². The van der Waals surface area contributed by atoms with Gasteiger partial charge in [0.05, 0.1) is 13.2 Å². The van der Waals surface area contributed by atoms with Crippen molar-refractivity contribution in [3.05, 3.63) is 0 Å². The van der Waals surface area contributed by atoms with Crippen molar-refractivity contribution in [3.63, 3.8) is 0 Å². The van der Waals surface area contributed by atoms with E-state index < -0.39 is 13.3 Å². The van der Waals surface area contributed by atoms with Crippen LogP contribution in [0.15, 0.2) is 0 Å². The van der Waals surface area contributed by atoms with Crippen LogP contribution in [0, 0.1) is 0 Å². The third kappa shape index (κ3) is 19.1. The third-order valence-electron chi connectivity index (χ3n) is 6.20. The lowest BCUT2D eigenvalue weighted by molar-refractivity contribution is -0.245. The molecule has 0 aliphatic heterocycles. The second kappa shape index (κ2) is 25.2. The maximum Gasteiger partial charge on any atom is 0.464 e. The third-order valence-corrected chi connectivity index (χ3v) is 9.15. The highest BCUT2D eigenvalue weighted by Gasteiger charge is 2.39. The van der Waals surface area contributed by atoms with Gasteiger partial charge in [-0.3, -0.25) is 4.52 Å². The standard InChI is InChI=1S/C28H57O6PS/c1-6-10-12-14-15-16-17-18-20-22-25-36-27(23-21-19-13-11-7-2)26(5)33-34-35(30,32-24-8-3)28(29)31-9-4/h26-27H,6-25H2,1-5H3. The van der Waals surface area contributed by atoms with Gasteiger partial charge >= 0.3 is 13.3 Å². The molecule has 0 heterocycles. The molecular weight excluding hydrogens is 495 g/mol. The van der Waals surface area contributed by atoms with Gasteiger partial charge in [-0.05, 0) is 38.9 Å². The first kappa shape index (κ1) is 35.9. The summed E-state index contributed by atoms with van der Waals surface area (Å²) >= 11 is 1.91. The molecule has 0 spiro atoms. The SMILES string of the molecule is CCCCCCCCCCCCSC(CCCCCCC)C(C)OOP(=O)(OCCC)C(=O)OCC. The number of thioether (sulfide) groups is 1. The van der Waals surface area contributed by atoms with Crippen molar-refractivity contribution < 1.29 is 28.2 Å². The molecule has 216 valence electrons. The molecule has 0 saturated heterocycles. The molecule has 0 radical (unpaired) electrons. The van der Waals surface area contributed by atoms with Crippen molar-refractivity contribution in [3.8, 4) is 0 Å². The van der Waals surface area contributed by atoms with E-state index in [1.54, 1.807) is 6.92 Å². The average Bonchev–Trinajstić information content (AvgIpc) is 2.87. The van der Waals surface area contributed by atoms with Gasteiger partial charge in [0.1, 0.15) is 6.10 Å². The lowest BCUT2D eigenvalue weighted by atomic mass is 10.1. The second-order valence-corrected chi connectivity index (χ2v) is 12.8. The van der Waals surface area contributed by atoms with Crippen molar-refractivity contribution in [2.45, 2.75) is 155 Å².